The number of methoxy groups -OCH3 is 1. The summed E-state index contributed by atoms with van der Waals surface area (Å²) in [5, 5.41) is 3.40. The Kier molecular flexibility index (Phi) is 2.77. The van der Waals surface area contributed by atoms with Gasteiger partial charge in [-0.25, -0.2) is 4.98 Å². The summed E-state index contributed by atoms with van der Waals surface area (Å²) < 4.78 is 5.05. The molecule has 0 aliphatic heterocycles. The first kappa shape index (κ1) is 10.2. The lowest BCUT2D eigenvalue weighted by molar-refractivity contribution is 0.286. The first-order chi connectivity index (χ1) is 7.28. The van der Waals surface area contributed by atoms with Gasteiger partial charge in [0.25, 0.3) is 0 Å². The highest BCUT2D eigenvalue weighted by Gasteiger charge is 2.35. The van der Waals surface area contributed by atoms with E-state index in [9.17, 15) is 0 Å². The number of hydrogen-bond acceptors (Lipinski definition) is 4. The maximum absolute atomic E-state index is 5.76. The Morgan fingerprint density at radius 1 is 1.53 bits per heavy atom. The van der Waals surface area contributed by atoms with E-state index in [4.69, 9.17) is 10.5 Å². The predicted octanol–water partition coefficient (Wildman–Crippen LogP) is 1.38. The van der Waals surface area contributed by atoms with Gasteiger partial charge in [-0.2, -0.15) is 0 Å². The van der Waals surface area contributed by atoms with E-state index in [1.54, 1.807) is 13.3 Å². The smallest absolute Gasteiger partial charge is 0.137 e. The molecule has 82 valence electrons. The van der Waals surface area contributed by atoms with Crippen LogP contribution in [0.5, 0.6) is 5.75 Å². The van der Waals surface area contributed by atoms with Crippen LogP contribution < -0.4 is 15.8 Å². The van der Waals surface area contributed by atoms with Gasteiger partial charge >= 0.3 is 0 Å². The van der Waals surface area contributed by atoms with E-state index < -0.39 is 0 Å². The summed E-state index contributed by atoms with van der Waals surface area (Å²) in [7, 11) is 1.64. The van der Waals surface area contributed by atoms with E-state index in [1.165, 1.54) is 6.42 Å². The quantitative estimate of drug-likeness (QED) is 0.783. The minimum Gasteiger partial charge on any atom is -0.495 e. The molecule has 1 aliphatic rings. The number of nitrogens with zero attached hydrogens (tertiary/aromatic N) is 1. The number of rotatable bonds is 4. The molecule has 0 amide bonds. The largest absolute Gasteiger partial charge is 0.495 e. The van der Waals surface area contributed by atoms with Gasteiger partial charge in [0.1, 0.15) is 11.6 Å². The van der Waals surface area contributed by atoms with Gasteiger partial charge in [-0.1, -0.05) is 0 Å². The second-order valence-electron chi connectivity index (χ2n) is 4.05. The van der Waals surface area contributed by atoms with E-state index in [0.717, 1.165) is 24.4 Å². The summed E-state index contributed by atoms with van der Waals surface area (Å²) >= 11 is 0. The van der Waals surface area contributed by atoms with Gasteiger partial charge in [0.15, 0.2) is 0 Å². The molecule has 1 heterocycles. The molecule has 0 spiro atoms. The normalized spacial score (nSPS) is 18.0. The molecule has 4 nitrogen and oxygen atoms in total. The van der Waals surface area contributed by atoms with Gasteiger partial charge < -0.3 is 15.8 Å². The number of nitrogens with one attached hydrogen (secondary N) is 1. The van der Waals surface area contributed by atoms with Crippen molar-refractivity contribution in [3.8, 4) is 5.75 Å². The molecule has 0 aromatic carbocycles. The molecule has 0 bridgehead atoms. The van der Waals surface area contributed by atoms with E-state index in [2.05, 4.69) is 10.3 Å². The van der Waals surface area contributed by atoms with Gasteiger partial charge in [0, 0.05) is 6.54 Å². The Hall–Kier alpha value is -1.29. The van der Waals surface area contributed by atoms with Crippen molar-refractivity contribution >= 4 is 5.82 Å². The summed E-state index contributed by atoms with van der Waals surface area (Å²) in [5.74, 6) is 1.65. The Morgan fingerprint density at radius 2 is 2.33 bits per heavy atom. The predicted molar refractivity (Wildman–Crippen MR) is 60.0 cm³/mol. The van der Waals surface area contributed by atoms with E-state index in [-0.39, 0.29) is 5.54 Å². The SMILES string of the molecule is COc1ccc(NC2(CN)CCC2)nc1. The molecule has 2 rings (SSSR count). The van der Waals surface area contributed by atoms with Crippen molar-refractivity contribution in [2.75, 3.05) is 19.0 Å². The van der Waals surface area contributed by atoms with Crippen LogP contribution in [-0.4, -0.2) is 24.2 Å². The fourth-order valence-electron chi connectivity index (χ4n) is 1.83. The maximum atomic E-state index is 5.76. The second kappa shape index (κ2) is 4.06. The third-order valence-corrected chi connectivity index (χ3v) is 3.07. The lowest BCUT2D eigenvalue weighted by Gasteiger charge is -2.42. The third kappa shape index (κ3) is 2.04. The summed E-state index contributed by atoms with van der Waals surface area (Å²) in [5.41, 5.74) is 5.84. The Morgan fingerprint density at radius 3 is 2.73 bits per heavy atom. The first-order valence-corrected chi connectivity index (χ1v) is 5.26. The number of anilines is 1. The van der Waals surface area contributed by atoms with Crippen LogP contribution in [-0.2, 0) is 0 Å². The Balaban J connectivity index is 2.03. The fraction of sp³-hybridized carbons (Fsp3) is 0.545. The van der Waals surface area contributed by atoms with Crippen LogP contribution in [0.3, 0.4) is 0 Å². The molecule has 15 heavy (non-hydrogen) atoms. The molecule has 0 radical (unpaired) electrons. The molecular weight excluding hydrogens is 190 g/mol. The van der Waals surface area contributed by atoms with E-state index >= 15 is 0 Å². The van der Waals surface area contributed by atoms with Crippen molar-refractivity contribution in [3.05, 3.63) is 18.3 Å². The van der Waals surface area contributed by atoms with E-state index in [1.807, 2.05) is 12.1 Å². The molecule has 3 N–H and O–H groups in total. The van der Waals surface area contributed by atoms with Crippen LogP contribution in [0.2, 0.25) is 0 Å². The number of aromatic nitrogens is 1. The van der Waals surface area contributed by atoms with Crippen molar-refractivity contribution in [2.24, 2.45) is 5.73 Å². The lowest BCUT2D eigenvalue weighted by Crippen LogP contribution is -2.51. The Bertz CT molecular complexity index is 314. The molecular formula is C11H17N3O. The summed E-state index contributed by atoms with van der Waals surface area (Å²) in [6, 6.07) is 3.83. The Labute approximate surface area is 89.8 Å². The maximum Gasteiger partial charge on any atom is 0.137 e. The average Bonchev–Trinajstić information content (AvgIpc) is 2.24. The zero-order valence-electron chi connectivity index (χ0n) is 8.99. The highest BCUT2D eigenvalue weighted by atomic mass is 16.5. The number of nitrogens with two attached hydrogens (primary N) is 1. The van der Waals surface area contributed by atoms with Gasteiger partial charge in [-0.15, -0.1) is 0 Å². The van der Waals surface area contributed by atoms with Crippen molar-refractivity contribution < 1.29 is 4.74 Å². The van der Waals surface area contributed by atoms with Gasteiger partial charge in [0.05, 0.1) is 18.8 Å². The van der Waals surface area contributed by atoms with Crippen LogP contribution in [0.1, 0.15) is 19.3 Å². The summed E-state index contributed by atoms with van der Waals surface area (Å²) in [4.78, 5) is 4.27. The van der Waals surface area contributed by atoms with Crippen molar-refractivity contribution in [1.29, 1.82) is 0 Å². The third-order valence-electron chi connectivity index (χ3n) is 3.07. The van der Waals surface area contributed by atoms with Crippen molar-refractivity contribution in [1.82, 2.24) is 4.98 Å². The molecule has 1 saturated carbocycles. The zero-order chi connectivity index (χ0) is 10.7. The molecule has 1 aliphatic carbocycles. The minimum absolute atomic E-state index is 0.0849. The van der Waals surface area contributed by atoms with Gasteiger partial charge in [-0.05, 0) is 31.4 Å². The van der Waals surface area contributed by atoms with Crippen LogP contribution in [0, 0.1) is 0 Å². The van der Waals surface area contributed by atoms with Crippen molar-refractivity contribution in [3.63, 3.8) is 0 Å². The van der Waals surface area contributed by atoms with Gasteiger partial charge in [0.2, 0.25) is 0 Å². The second-order valence-corrected chi connectivity index (χ2v) is 4.05. The summed E-state index contributed by atoms with van der Waals surface area (Å²) in [6.07, 6.45) is 5.24. The molecule has 1 aromatic heterocycles. The van der Waals surface area contributed by atoms with Crippen molar-refractivity contribution in [2.45, 2.75) is 24.8 Å². The molecule has 4 heteroatoms. The lowest BCUT2D eigenvalue weighted by atomic mass is 9.77. The average molecular weight is 207 g/mol. The van der Waals surface area contributed by atoms with E-state index in [0.29, 0.717) is 6.54 Å². The topological polar surface area (TPSA) is 60.2 Å². The highest BCUT2D eigenvalue weighted by molar-refractivity contribution is 5.41. The molecule has 1 aromatic rings. The zero-order valence-corrected chi connectivity index (χ0v) is 8.99. The number of ether oxygens (including phenoxy) is 1. The number of hydrogen-bond donors (Lipinski definition) is 2. The first-order valence-electron chi connectivity index (χ1n) is 5.26. The monoisotopic (exact) mass is 207 g/mol. The molecule has 0 unspecified atom stereocenters. The molecule has 0 saturated heterocycles. The fourth-order valence-corrected chi connectivity index (χ4v) is 1.83. The van der Waals surface area contributed by atoms with Crippen LogP contribution in [0.15, 0.2) is 18.3 Å². The molecule has 0 atom stereocenters. The van der Waals surface area contributed by atoms with Crippen LogP contribution in [0.25, 0.3) is 0 Å². The van der Waals surface area contributed by atoms with Crippen LogP contribution in [0.4, 0.5) is 5.82 Å². The minimum atomic E-state index is 0.0849. The standard InChI is InChI=1S/C11H17N3O/c1-15-9-3-4-10(13-7-9)14-11(8-12)5-2-6-11/h3-4,7H,2,5-6,8,12H2,1H3,(H,13,14). The number of pyridine rings is 1. The van der Waals surface area contributed by atoms with Gasteiger partial charge in [-0.3, -0.25) is 0 Å². The molecule has 1 fully saturated rings. The van der Waals surface area contributed by atoms with Crippen LogP contribution >= 0.6 is 0 Å². The highest BCUT2D eigenvalue weighted by Crippen LogP contribution is 2.33. The summed E-state index contributed by atoms with van der Waals surface area (Å²) in [6.45, 7) is 0.667.